The number of benzene rings is 3. The van der Waals surface area contributed by atoms with E-state index in [4.69, 9.17) is 0 Å². The molecule has 0 aliphatic heterocycles. The zero-order chi connectivity index (χ0) is 24.1. The Bertz CT molecular complexity index is 1240. The molecule has 4 rings (SSSR count). The van der Waals surface area contributed by atoms with Crippen LogP contribution >= 0.6 is 0 Å². The zero-order valence-electron chi connectivity index (χ0n) is 20.7. The first-order valence-electron chi connectivity index (χ1n) is 12.0. The first-order chi connectivity index (χ1) is 16.4. The average Bonchev–Trinajstić information content (AvgIpc) is 3.25. The number of fused-ring (bicyclic) bond motifs is 1. The lowest BCUT2D eigenvalue weighted by Crippen LogP contribution is -2.37. The Labute approximate surface area is 203 Å². The number of hydrogen-bond acceptors (Lipinski definition) is 2. The van der Waals surface area contributed by atoms with Crippen LogP contribution < -0.4 is 0 Å². The minimum atomic E-state index is -0.0121. The Morgan fingerprint density at radius 3 is 2.35 bits per heavy atom. The van der Waals surface area contributed by atoms with Crippen molar-refractivity contribution in [3.05, 3.63) is 107 Å². The topological polar surface area (TPSA) is 39.3 Å². The highest BCUT2D eigenvalue weighted by atomic mass is 16.2. The maximum atomic E-state index is 13.9. The van der Waals surface area contributed by atoms with Crippen LogP contribution in [0.2, 0.25) is 0 Å². The predicted molar refractivity (Wildman–Crippen MR) is 141 cm³/mol. The van der Waals surface area contributed by atoms with Gasteiger partial charge >= 0.3 is 0 Å². The minimum Gasteiger partial charge on any atom is -0.361 e. The van der Waals surface area contributed by atoms with Gasteiger partial charge in [-0.05, 0) is 56.3 Å². The number of hydrogen-bond donors (Lipinski definition) is 1. The maximum Gasteiger partial charge on any atom is 0.223 e. The second-order valence-electron chi connectivity index (χ2n) is 9.51. The summed E-state index contributed by atoms with van der Waals surface area (Å²) in [7, 11) is 4.10. The molecule has 1 heterocycles. The summed E-state index contributed by atoms with van der Waals surface area (Å²) in [6.07, 6.45) is 2.52. The Hall–Kier alpha value is -3.37. The fourth-order valence-corrected chi connectivity index (χ4v) is 4.71. The molecule has 0 spiro atoms. The number of nitrogens with zero attached hydrogens (tertiary/aromatic N) is 2. The Morgan fingerprint density at radius 2 is 1.62 bits per heavy atom. The summed E-state index contributed by atoms with van der Waals surface area (Å²) >= 11 is 0. The van der Waals surface area contributed by atoms with Gasteiger partial charge in [0.15, 0.2) is 0 Å². The number of rotatable bonds is 9. The molecule has 1 aromatic heterocycles. The predicted octanol–water partition coefficient (Wildman–Crippen LogP) is 5.90. The summed E-state index contributed by atoms with van der Waals surface area (Å²) < 4.78 is 0. The van der Waals surface area contributed by atoms with E-state index < -0.39 is 0 Å². The van der Waals surface area contributed by atoms with Crippen LogP contribution in [-0.2, 0) is 11.3 Å². The number of likely N-dealkylation sites (N-methyl/N-ethyl adjacent to an activating group) is 1. The molecule has 4 aromatic rings. The summed E-state index contributed by atoms with van der Waals surface area (Å²) in [5.74, 6) is 0.169. The highest BCUT2D eigenvalue weighted by molar-refractivity contribution is 5.86. The van der Waals surface area contributed by atoms with Gasteiger partial charge in [0.1, 0.15) is 0 Å². The summed E-state index contributed by atoms with van der Waals surface area (Å²) in [4.78, 5) is 21.4. The number of aromatic amines is 1. The number of para-hydroxylation sites is 1. The van der Waals surface area contributed by atoms with Crippen LogP contribution in [0.4, 0.5) is 0 Å². The van der Waals surface area contributed by atoms with Crippen LogP contribution in [0.1, 0.15) is 40.2 Å². The molecule has 0 saturated carbocycles. The van der Waals surface area contributed by atoms with Gasteiger partial charge in [-0.15, -0.1) is 0 Å². The fourth-order valence-electron chi connectivity index (χ4n) is 4.71. The summed E-state index contributed by atoms with van der Waals surface area (Å²) in [5, 5.41) is 1.18. The van der Waals surface area contributed by atoms with Gasteiger partial charge < -0.3 is 14.8 Å². The van der Waals surface area contributed by atoms with Crippen LogP contribution in [0.25, 0.3) is 10.9 Å². The highest BCUT2D eigenvalue weighted by Crippen LogP contribution is 2.36. The molecule has 176 valence electrons. The van der Waals surface area contributed by atoms with Crippen molar-refractivity contribution in [1.29, 1.82) is 0 Å². The third-order valence-electron chi connectivity index (χ3n) is 6.56. The van der Waals surface area contributed by atoms with E-state index in [1.165, 1.54) is 27.6 Å². The van der Waals surface area contributed by atoms with Crippen LogP contribution in [0.3, 0.4) is 0 Å². The lowest BCUT2D eigenvalue weighted by Gasteiger charge is -2.27. The average molecular weight is 454 g/mol. The van der Waals surface area contributed by atoms with Gasteiger partial charge in [0.25, 0.3) is 0 Å². The molecule has 4 nitrogen and oxygen atoms in total. The molecule has 1 atom stereocenters. The molecule has 1 amide bonds. The summed E-state index contributed by atoms with van der Waals surface area (Å²) in [6.45, 7) is 6.43. The Balaban J connectivity index is 1.69. The van der Waals surface area contributed by atoms with Gasteiger partial charge in [-0.2, -0.15) is 0 Å². The molecule has 0 aliphatic carbocycles. The molecule has 1 N–H and O–H groups in total. The van der Waals surface area contributed by atoms with Crippen LogP contribution in [0.5, 0.6) is 0 Å². The minimum absolute atomic E-state index is 0.0121. The SMILES string of the molecule is Cc1ccc(C(CC(=O)N(CCN(C)C)Cc2ccccc2)c2c[nH]c3ccccc23)c(C)c1. The molecule has 0 bridgehead atoms. The second-order valence-corrected chi connectivity index (χ2v) is 9.51. The third-order valence-corrected chi connectivity index (χ3v) is 6.56. The number of nitrogens with one attached hydrogen (secondary N) is 1. The van der Waals surface area contributed by atoms with E-state index in [-0.39, 0.29) is 11.8 Å². The van der Waals surface area contributed by atoms with Crippen molar-refractivity contribution < 1.29 is 4.79 Å². The van der Waals surface area contributed by atoms with Crippen molar-refractivity contribution in [3.63, 3.8) is 0 Å². The lowest BCUT2D eigenvalue weighted by molar-refractivity contribution is -0.132. The molecule has 34 heavy (non-hydrogen) atoms. The molecule has 1 unspecified atom stereocenters. The molecular weight excluding hydrogens is 418 g/mol. The number of carbonyl (C=O) groups is 1. The van der Waals surface area contributed by atoms with Gasteiger partial charge in [-0.3, -0.25) is 4.79 Å². The van der Waals surface area contributed by atoms with E-state index in [1.807, 2.05) is 29.2 Å². The number of H-pyrrole nitrogens is 1. The van der Waals surface area contributed by atoms with Gasteiger partial charge in [0, 0.05) is 49.1 Å². The molecule has 0 saturated heterocycles. The largest absolute Gasteiger partial charge is 0.361 e. The van der Waals surface area contributed by atoms with E-state index in [1.54, 1.807) is 0 Å². The lowest BCUT2D eigenvalue weighted by atomic mass is 9.85. The van der Waals surface area contributed by atoms with Gasteiger partial charge in [0.2, 0.25) is 5.91 Å². The normalized spacial score (nSPS) is 12.3. The number of aryl methyl sites for hydroxylation is 2. The maximum absolute atomic E-state index is 13.9. The van der Waals surface area contributed by atoms with Gasteiger partial charge in [-0.1, -0.05) is 72.3 Å². The number of carbonyl (C=O) groups excluding carboxylic acids is 1. The molecule has 0 radical (unpaired) electrons. The highest BCUT2D eigenvalue weighted by Gasteiger charge is 2.25. The molecule has 0 aliphatic rings. The summed E-state index contributed by atoms with van der Waals surface area (Å²) in [6, 6.07) is 25.2. The van der Waals surface area contributed by atoms with Crippen molar-refractivity contribution in [1.82, 2.24) is 14.8 Å². The monoisotopic (exact) mass is 453 g/mol. The molecule has 0 fully saturated rings. The quantitative estimate of drug-likeness (QED) is 0.343. The van der Waals surface area contributed by atoms with Crippen molar-refractivity contribution in [3.8, 4) is 0 Å². The second kappa shape index (κ2) is 10.7. The van der Waals surface area contributed by atoms with Crippen molar-refractivity contribution in [2.24, 2.45) is 0 Å². The van der Waals surface area contributed by atoms with Crippen molar-refractivity contribution in [2.45, 2.75) is 32.7 Å². The van der Waals surface area contributed by atoms with E-state index in [9.17, 15) is 4.79 Å². The van der Waals surface area contributed by atoms with Crippen LogP contribution in [0, 0.1) is 13.8 Å². The zero-order valence-corrected chi connectivity index (χ0v) is 20.7. The number of amides is 1. The van der Waals surface area contributed by atoms with E-state index >= 15 is 0 Å². The third kappa shape index (κ3) is 5.57. The first-order valence-corrected chi connectivity index (χ1v) is 12.0. The fraction of sp³-hybridized carbons (Fsp3) is 0.300. The standard InChI is InChI=1S/C30H35N3O/c1-22-14-15-25(23(2)18-22)27(28-20-31-29-13-9-8-12-26(28)29)19-30(34)33(17-16-32(3)4)21-24-10-6-5-7-11-24/h5-15,18,20,27,31H,16-17,19,21H2,1-4H3. The van der Waals surface area contributed by atoms with E-state index in [2.05, 4.69) is 92.6 Å². The van der Waals surface area contributed by atoms with Gasteiger partial charge in [-0.25, -0.2) is 0 Å². The first kappa shape index (κ1) is 23.8. The van der Waals surface area contributed by atoms with Gasteiger partial charge in [0.05, 0.1) is 0 Å². The smallest absolute Gasteiger partial charge is 0.223 e. The van der Waals surface area contributed by atoms with Crippen LogP contribution in [-0.4, -0.2) is 47.9 Å². The van der Waals surface area contributed by atoms with E-state index in [0.29, 0.717) is 19.5 Å². The molecule has 3 aromatic carbocycles. The molecular formula is C30H35N3O. The van der Waals surface area contributed by atoms with Crippen molar-refractivity contribution >= 4 is 16.8 Å². The van der Waals surface area contributed by atoms with Crippen molar-refractivity contribution in [2.75, 3.05) is 27.2 Å². The molecule has 4 heteroatoms. The Morgan fingerprint density at radius 1 is 0.882 bits per heavy atom. The van der Waals surface area contributed by atoms with Crippen LogP contribution in [0.15, 0.2) is 79.0 Å². The van der Waals surface area contributed by atoms with E-state index in [0.717, 1.165) is 17.6 Å². The number of aromatic nitrogens is 1. The summed E-state index contributed by atoms with van der Waals surface area (Å²) in [5.41, 5.74) is 7.13. The Kier molecular flexibility index (Phi) is 7.49.